The second kappa shape index (κ2) is 8.18. The molecule has 0 saturated carbocycles. The van der Waals surface area contributed by atoms with Gasteiger partial charge in [0.05, 0.1) is 6.61 Å². The van der Waals surface area contributed by atoms with Crippen LogP contribution in [-0.2, 0) is 20.7 Å². The number of hydrogen-bond acceptors (Lipinski definition) is 4. The van der Waals surface area contributed by atoms with Crippen LogP contribution in [0.5, 0.6) is 0 Å². The summed E-state index contributed by atoms with van der Waals surface area (Å²) in [6, 6.07) is 15.9. The number of carboxylic acid groups (broad SMARTS) is 1. The molecule has 27 heavy (non-hydrogen) atoms. The highest BCUT2D eigenvalue weighted by Gasteiger charge is 2.41. The summed E-state index contributed by atoms with van der Waals surface area (Å²) in [6.45, 7) is 1.61. The highest BCUT2D eigenvalue weighted by atomic mass is 16.6. The number of aliphatic hydroxyl groups excluding tert-OH is 1. The summed E-state index contributed by atoms with van der Waals surface area (Å²) in [5, 5.41) is 18.1. The number of hydrogen-bond donors (Lipinski definition) is 2. The fourth-order valence-corrected chi connectivity index (χ4v) is 3.28. The number of benzene rings is 2. The lowest BCUT2D eigenvalue weighted by Gasteiger charge is -2.33. The van der Waals surface area contributed by atoms with Gasteiger partial charge in [-0.2, -0.15) is 0 Å². The fourth-order valence-electron chi connectivity index (χ4n) is 3.28. The molecule has 0 aliphatic carbocycles. The molecule has 2 N–H and O–H groups in total. The Morgan fingerprint density at radius 1 is 1.15 bits per heavy atom. The lowest BCUT2D eigenvalue weighted by atomic mass is 9.91. The van der Waals surface area contributed by atoms with Gasteiger partial charge in [0.25, 0.3) is 0 Å². The Kier molecular flexibility index (Phi) is 5.72. The largest absolute Gasteiger partial charge is 0.478 e. The molecule has 1 fully saturated rings. The molecule has 1 heterocycles. The zero-order valence-corrected chi connectivity index (χ0v) is 15.1. The van der Waals surface area contributed by atoms with E-state index in [1.165, 1.54) is 6.08 Å². The Morgan fingerprint density at radius 3 is 2.52 bits per heavy atom. The summed E-state index contributed by atoms with van der Waals surface area (Å²) in [7, 11) is 0. The number of carbonyl (C=O) groups excluding carboxylic acids is 1. The first kappa shape index (κ1) is 18.9. The predicted octanol–water partition coefficient (Wildman–Crippen LogP) is 3.31. The van der Waals surface area contributed by atoms with Crippen LogP contribution in [0.1, 0.15) is 24.5 Å². The van der Waals surface area contributed by atoms with Gasteiger partial charge < -0.3 is 14.9 Å². The number of aliphatic hydroxyl groups is 1. The maximum absolute atomic E-state index is 11.3. The Labute approximate surface area is 157 Å². The molecule has 0 spiro atoms. The number of aliphatic carboxylic acids is 1. The van der Waals surface area contributed by atoms with E-state index in [9.17, 15) is 14.7 Å². The standard InChI is InChI=1S/C22H22O5/c1-14(10-21(24)25)16-5-3-7-18(12-16)17-6-2-4-15(11-17)8-9-20-19(13-23)22(26)27-20/h2-7,10-12,19-20,23H,8-9,13H2,1H3,(H,24,25)/b14-10+/t19-,20-/m1/s1. The van der Waals surface area contributed by atoms with E-state index < -0.39 is 11.9 Å². The Morgan fingerprint density at radius 2 is 1.85 bits per heavy atom. The minimum atomic E-state index is -0.960. The van der Waals surface area contributed by atoms with Crippen molar-refractivity contribution in [2.75, 3.05) is 6.61 Å². The highest BCUT2D eigenvalue weighted by Crippen LogP contribution is 2.28. The first-order valence-electron chi connectivity index (χ1n) is 8.90. The van der Waals surface area contributed by atoms with Gasteiger partial charge in [-0.15, -0.1) is 0 Å². The maximum atomic E-state index is 11.3. The minimum absolute atomic E-state index is 0.167. The summed E-state index contributed by atoms with van der Waals surface area (Å²) in [5.41, 5.74) is 4.74. The van der Waals surface area contributed by atoms with Crippen molar-refractivity contribution in [1.82, 2.24) is 0 Å². The van der Waals surface area contributed by atoms with E-state index in [0.717, 1.165) is 28.7 Å². The average molecular weight is 366 g/mol. The second-order valence-corrected chi connectivity index (χ2v) is 6.75. The van der Waals surface area contributed by atoms with Crippen molar-refractivity contribution < 1.29 is 24.5 Å². The molecule has 5 nitrogen and oxygen atoms in total. The van der Waals surface area contributed by atoms with Crippen LogP contribution in [0.2, 0.25) is 0 Å². The van der Waals surface area contributed by atoms with Gasteiger partial charge in [0.1, 0.15) is 12.0 Å². The molecule has 1 aliphatic rings. The maximum Gasteiger partial charge on any atom is 0.328 e. The van der Waals surface area contributed by atoms with Gasteiger partial charge >= 0.3 is 11.9 Å². The SMILES string of the molecule is C/C(=C\C(=O)O)c1cccc(-c2cccc(CC[C@H]3OC(=O)[C@@H]3CO)c2)c1. The first-order valence-corrected chi connectivity index (χ1v) is 8.90. The van der Waals surface area contributed by atoms with Crippen molar-refractivity contribution in [3.8, 4) is 11.1 Å². The molecular formula is C22H22O5. The van der Waals surface area contributed by atoms with E-state index in [2.05, 4.69) is 6.07 Å². The van der Waals surface area contributed by atoms with Gasteiger partial charge in [-0.1, -0.05) is 42.5 Å². The van der Waals surface area contributed by atoms with E-state index in [1.54, 1.807) is 6.92 Å². The molecule has 140 valence electrons. The smallest absolute Gasteiger partial charge is 0.328 e. The quantitative estimate of drug-likeness (QED) is 0.580. The van der Waals surface area contributed by atoms with Crippen molar-refractivity contribution in [2.45, 2.75) is 25.9 Å². The summed E-state index contributed by atoms with van der Waals surface area (Å²) in [5.74, 6) is -1.68. The van der Waals surface area contributed by atoms with Crippen molar-refractivity contribution in [3.63, 3.8) is 0 Å². The molecule has 0 unspecified atom stereocenters. The van der Waals surface area contributed by atoms with E-state index in [-0.39, 0.29) is 18.7 Å². The van der Waals surface area contributed by atoms with Crippen LogP contribution in [0, 0.1) is 5.92 Å². The minimum Gasteiger partial charge on any atom is -0.478 e. The number of rotatable bonds is 7. The van der Waals surface area contributed by atoms with E-state index in [0.29, 0.717) is 12.0 Å². The van der Waals surface area contributed by atoms with Gasteiger partial charge in [0.2, 0.25) is 0 Å². The number of aryl methyl sites for hydroxylation is 1. The third-order valence-electron chi connectivity index (χ3n) is 4.85. The van der Waals surface area contributed by atoms with Crippen LogP contribution in [0.3, 0.4) is 0 Å². The summed E-state index contributed by atoms with van der Waals surface area (Å²) >= 11 is 0. The molecule has 0 amide bonds. The number of ether oxygens (including phenoxy) is 1. The number of esters is 1. The zero-order chi connectivity index (χ0) is 19.4. The number of carboxylic acids is 1. The Hall–Kier alpha value is -2.92. The molecular weight excluding hydrogens is 344 g/mol. The molecule has 2 atom stereocenters. The zero-order valence-electron chi connectivity index (χ0n) is 15.1. The van der Waals surface area contributed by atoms with Crippen LogP contribution in [0.4, 0.5) is 0 Å². The summed E-state index contributed by atoms with van der Waals surface area (Å²) < 4.78 is 5.10. The predicted molar refractivity (Wildman–Crippen MR) is 102 cm³/mol. The summed E-state index contributed by atoms with van der Waals surface area (Å²) in [4.78, 5) is 22.1. The van der Waals surface area contributed by atoms with Gasteiger partial charge in [0.15, 0.2) is 0 Å². The monoisotopic (exact) mass is 366 g/mol. The second-order valence-electron chi connectivity index (χ2n) is 6.75. The van der Waals surface area contributed by atoms with Gasteiger partial charge in [-0.25, -0.2) is 4.79 Å². The molecule has 1 aliphatic heterocycles. The van der Waals surface area contributed by atoms with Crippen LogP contribution >= 0.6 is 0 Å². The lowest BCUT2D eigenvalue weighted by molar-refractivity contribution is -0.188. The molecule has 2 aromatic carbocycles. The van der Waals surface area contributed by atoms with Gasteiger partial charge in [0, 0.05) is 6.08 Å². The highest BCUT2D eigenvalue weighted by molar-refractivity contribution is 5.90. The normalized spacial score (nSPS) is 19.3. The van der Waals surface area contributed by atoms with E-state index >= 15 is 0 Å². The Bertz CT molecular complexity index is 884. The van der Waals surface area contributed by atoms with Gasteiger partial charge in [-0.3, -0.25) is 4.79 Å². The van der Waals surface area contributed by atoms with Gasteiger partial charge in [-0.05, 0) is 53.7 Å². The lowest BCUT2D eigenvalue weighted by Crippen LogP contribution is -2.47. The molecule has 5 heteroatoms. The first-order chi connectivity index (χ1) is 13.0. The van der Waals surface area contributed by atoms with Crippen molar-refractivity contribution in [1.29, 1.82) is 0 Å². The molecule has 0 aromatic heterocycles. The fraction of sp³-hybridized carbons (Fsp3) is 0.273. The van der Waals surface area contributed by atoms with Crippen LogP contribution in [0.25, 0.3) is 16.7 Å². The van der Waals surface area contributed by atoms with Crippen LogP contribution in [0.15, 0.2) is 54.6 Å². The number of carbonyl (C=O) groups is 2. The molecule has 2 aromatic rings. The van der Waals surface area contributed by atoms with E-state index in [1.807, 2.05) is 42.5 Å². The number of allylic oxidation sites excluding steroid dienone is 1. The topological polar surface area (TPSA) is 83.8 Å². The van der Waals surface area contributed by atoms with Crippen molar-refractivity contribution >= 4 is 17.5 Å². The van der Waals surface area contributed by atoms with Crippen LogP contribution in [-0.4, -0.2) is 34.9 Å². The van der Waals surface area contributed by atoms with Crippen LogP contribution < -0.4 is 0 Å². The summed E-state index contributed by atoms with van der Waals surface area (Å²) in [6.07, 6.45) is 2.42. The Balaban J connectivity index is 1.74. The molecule has 1 saturated heterocycles. The molecule has 0 bridgehead atoms. The van der Waals surface area contributed by atoms with Crippen molar-refractivity contribution in [2.24, 2.45) is 5.92 Å². The third-order valence-corrected chi connectivity index (χ3v) is 4.85. The van der Waals surface area contributed by atoms with Crippen molar-refractivity contribution in [3.05, 3.63) is 65.7 Å². The third kappa shape index (κ3) is 4.44. The molecule has 3 rings (SSSR count). The average Bonchev–Trinajstić information content (AvgIpc) is 2.65. The molecule has 0 radical (unpaired) electrons. The van der Waals surface area contributed by atoms with E-state index in [4.69, 9.17) is 9.84 Å². The number of cyclic esters (lactones) is 1.